The van der Waals surface area contributed by atoms with Crippen LogP contribution in [0.15, 0.2) is 60.0 Å². The number of unbranched alkanes of at least 4 members (excludes halogenated alkanes) is 1. The molecule has 0 spiro atoms. The van der Waals surface area contributed by atoms with Crippen LogP contribution in [0.4, 0.5) is 0 Å². The molecule has 0 aliphatic rings. The highest BCUT2D eigenvalue weighted by molar-refractivity contribution is 5.93. The molecule has 0 bridgehead atoms. The van der Waals surface area contributed by atoms with E-state index in [1.807, 2.05) is 24.3 Å². The van der Waals surface area contributed by atoms with Crippen LogP contribution < -0.4 is 19.6 Å². The van der Waals surface area contributed by atoms with Gasteiger partial charge in [0.1, 0.15) is 22.9 Å². The van der Waals surface area contributed by atoms with Crippen molar-refractivity contribution >= 4 is 12.1 Å². The number of hydrogen-bond acceptors (Lipinski definition) is 7. The molecule has 3 aromatic rings. The number of rotatable bonds is 10. The Kier molecular flexibility index (Phi) is 8.14. The zero-order valence-electron chi connectivity index (χ0n) is 18.4. The molecule has 1 N–H and O–H groups in total. The van der Waals surface area contributed by atoms with Crippen molar-refractivity contribution in [1.82, 2.24) is 15.4 Å². The third kappa shape index (κ3) is 6.28. The molecule has 32 heavy (non-hydrogen) atoms. The quantitative estimate of drug-likeness (QED) is 0.293. The number of hydrogen-bond donors (Lipinski definition) is 1. The summed E-state index contributed by atoms with van der Waals surface area (Å²) < 4.78 is 16.1. The topological polar surface area (TPSA) is 94.9 Å². The second-order valence-corrected chi connectivity index (χ2v) is 6.86. The van der Waals surface area contributed by atoms with Crippen LogP contribution in [0.2, 0.25) is 0 Å². The first-order chi connectivity index (χ1) is 15.6. The molecule has 0 radical (unpaired) electrons. The van der Waals surface area contributed by atoms with Crippen LogP contribution in [0.25, 0.3) is 11.3 Å². The molecule has 2 aromatic carbocycles. The second kappa shape index (κ2) is 11.5. The number of nitrogens with zero attached hydrogens (tertiary/aromatic N) is 3. The Bertz CT molecular complexity index is 1050. The normalized spacial score (nSPS) is 10.7. The Morgan fingerprint density at radius 3 is 2.41 bits per heavy atom. The van der Waals surface area contributed by atoms with E-state index in [2.05, 4.69) is 27.4 Å². The fourth-order valence-corrected chi connectivity index (χ4v) is 2.80. The lowest BCUT2D eigenvalue weighted by molar-refractivity contribution is 0.0950. The minimum Gasteiger partial charge on any atom is -0.497 e. The van der Waals surface area contributed by atoms with Crippen molar-refractivity contribution in [2.24, 2.45) is 5.10 Å². The van der Waals surface area contributed by atoms with Gasteiger partial charge in [0.2, 0.25) is 0 Å². The first-order valence-electron chi connectivity index (χ1n) is 10.2. The minimum absolute atomic E-state index is 0.158. The SMILES string of the molecule is CCCCOc1ccc(-c2cncc(C(=O)N/N=C/c3cc(OC)cc(OC)c3)n2)cc1. The van der Waals surface area contributed by atoms with E-state index < -0.39 is 5.91 Å². The predicted octanol–water partition coefficient (Wildman–Crippen LogP) is 4.10. The molecule has 0 saturated heterocycles. The van der Waals surface area contributed by atoms with Gasteiger partial charge >= 0.3 is 0 Å². The van der Waals surface area contributed by atoms with Gasteiger partial charge in [0, 0.05) is 17.2 Å². The van der Waals surface area contributed by atoms with E-state index in [1.54, 1.807) is 38.6 Å². The number of nitrogens with one attached hydrogen (secondary N) is 1. The monoisotopic (exact) mass is 434 g/mol. The van der Waals surface area contributed by atoms with Gasteiger partial charge in [-0.1, -0.05) is 13.3 Å². The maximum Gasteiger partial charge on any atom is 0.291 e. The van der Waals surface area contributed by atoms with Crippen LogP contribution in [-0.4, -0.2) is 42.9 Å². The molecule has 0 saturated carbocycles. The first-order valence-corrected chi connectivity index (χ1v) is 10.2. The highest BCUT2D eigenvalue weighted by atomic mass is 16.5. The Labute approximate surface area is 187 Å². The number of methoxy groups -OCH3 is 2. The Hall–Kier alpha value is -3.94. The lowest BCUT2D eigenvalue weighted by Crippen LogP contribution is -2.19. The Morgan fingerprint density at radius 2 is 1.75 bits per heavy atom. The van der Waals surface area contributed by atoms with Gasteiger partial charge in [0.25, 0.3) is 5.91 Å². The van der Waals surface area contributed by atoms with Gasteiger partial charge in [-0.05, 0) is 42.8 Å². The number of benzene rings is 2. The molecule has 1 heterocycles. The van der Waals surface area contributed by atoms with Crippen molar-refractivity contribution in [2.45, 2.75) is 19.8 Å². The largest absolute Gasteiger partial charge is 0.497 e. The van der Waals surface area contributed by atoms with Crippen LogP contribution in [0.3, 0.4) is 0 Å². The van der Waals surface area contributed by atoms with E-state index in [0.29, 0.717) is 29.4 Å². The van der Waals surface area contributed by atoms with Crippen molar-refractivity contribution in [2.75, 3.05) is 20.8 Å². The third-order valence-corrected chi connectivity index (χ3v) is 4.54. The van der Waals surface area contributed by atoms with Gasteiger partial charge in [-0.15, -0.1) is 0 Å². The molecular formula is C24H26N4O4. The maximum absolute atomic E-state index is 12.5. The number of amides is 1. The summed E-state index contributed by atoms with van der Waals surface area (Å²) >= 11 is 0. The summed E-state index contributed by atoms with van der Waals surface area (Å²) in [4.78, 5) is 21.0. The van der Waals surface area contributed by atoms with Crippen LogP contribution in [0.5, 0.6) is 17.2 Å². The molecule has 0 aliphatic heterocycles. The fraction of sp³-hybridized carbons (Fsp3) is 0.250. The molecule has 0 atom stereocenters. The van der Waals surface area contributed by atoms with Gasteiger partial charge in [0.15, 0.2) is 0 Å². The standard InChI is InChI=1S/C24H26N4O4/c1-4-5-10-32-19-8-6-18(7-9-19)22-15-25-16-23(27-22)24(29)28-26-14-17-11-20(30-2)13-21(12-17)31-3/h6-9,11-16H,4-5,10H2,1-3H3,(H,28,29)/b26-14+. The summed E-state index contributed by atoms with van der Waals surface area (Å²) in [7, 11) is 3.13. The molecule has 8 nitrogen and oxygen atoms in total. The van der Waals surface area contributed by atoms with Crippen molar-refractivity contribution in [1.29, 1.82) is 0 Å². The van der Waals surface area contributed by atoms with Crippen LogP contribution in [0, 0.1) is 0 Å². The molecule has 8 heteroatoms. The predicted molar refractivity (Wildman–Crippen MR) is 122 cm³/mol. The number of carbonyl (C=O) groups is 1. The maximum atomic E-state index is 12.5. The summed E-state index contributed by atoms with van der Waals surface area (Å²) in [6.45, 7) is 2.81. The zero-order chi connectivity index (χ0) is 22.8. The lowest BCUT2D eigenvalue weighted by Gasteiger charge is -2.07. The van der Waals surface area contributed by atoms with E-state index in [4.69, 9.17) is 14.2 Å². The van der Waals surface area contributed by atoms with Gasteiger partial charge < -0.3 is 14.2 Å². The molecular weight excluding hydrogens is 408 g/mol. The van der Waals surface area contributed by atoms with Gasteiger partial charge in [-0.25, -0.2) is 10.4 Å². The van der Waals surface area contributed by atoms with E-state index in [9.17, 15) is 4.79 Å². The summed E-state index contributed by atoms with van der Waals surface area (Å²) in [5, 5.41) is 4.00. The molecule has 0 fully saturated rings. The molecule has 1 amide bonds. The fourth-order valence-electron chi connectivity index (χ4n) is 2.80. The average Bonchev–Trinajstić information content (AvgIpc) is 2.84. The average molecular weight is 434 g/mol. The van der Waals surface area contributed by atoms with Crippen LogP contribution in [0.1, 0.15) is 35.8 Å². The van der Waals surface area contributed by atoms with Gasteiger partial charge in [0.05, 0.1) is 45.1 Å². The summed E-state index contributed by atoms with van der Waals surface area (Å²) in [6.07, 6.45) is 6.59. The number of aromatic nitrogens is 2. The number of carbonyl (C=O) groups excluding carboxylic acids is 1. The van der Waals surface area contributed by atoms with E-state index in [0.717, 1.165) is 24.2 Å². The Balaban J connectivity index is 1.66. The molecule has 0 unspecified atom stereocenters. The minimum atomic E-state index is -0.468. The Morgan fingerprint density at radius 1 is 1.03 bits per heavy atom. The molecule has 0 aliphatic carbocycles. The van der Waals surface area contributed by atoms with Crippen molar-refractivity contribution in [3.63, 3.8) is 0 Å². The molecule has 1 aromatic heterocycles. The zero-order valence-corrected chi connectivity index (χ0v) is 18.4. The van der Waals surface area contributed by atoms with E-state index >= 15 is 0 Å². The van der Waals surface area contributed by atoms with E-state index in [1.165, 1.54) is 12.4 Å². The van der Waals surface area contributed by atoms with Crippen molar-refractivity contribution < 1.29 is 19.0 Å². The van der Waals surface area contributed by atoms with Gasteiger partial charge in [-0.2, -0.15) is 5.10 Å². The van der Waals surface area contributed by atoms with Crippen LogP contribution >= 0.6 is 0 Å². The number of ether oxygens (including phenoxy) is 3. The first kappa shape index (κ1) is 22.7. The summed E-state index contributed by atoms with van der Waals surface area (Å²) in [5.41, 5.74) is 4.75. The highest BCUT2D eigenvalue weighted by Gasteiger charge is 2.09. The molecule has 3 rings (SSSR count). The van der Waals surface area contributed by atoms with Crippen molar-refractivity contribution in [3.8, 4) is 28.5 Å². The second-order valence-electron chi connectivity index (χ2n) is 6.86. The summed E-state index contributed by atoms with van der Waals surface area (Å²) in [5.74, 6) is 1.58. The van der Waals surface area contributed by atoms with Gasteiger partial charge in [-0.3, -0.25) is 9.78 Å². The highest BCUT2D eigenvalue weighted by Crippen LogP contribution is 2.22. The van der Waals surface area contributed by atoms with Crippen LogP contribution in [-0.2, 0) is 0 Å². The molecule has 166 valence electrons. The summed E-state index contributed by atoms with van der Waals surface area (Å²) in [6, 6.07) is 12.8. The van der Waals surface area contributed by atoms with E-state index in [-0.39, 0.29) is 5.69 Å². The number of hydrazone groups is 1. The lowest BCUT2D eigenvalue weighted by atomic mass is 10.1. The smallest absolute Gasteiger partial charge is 0.291 e. The third-order valence-electron chi connectivity index (χ3n) is 4.54. The van der Waals surface area contributed by atoms with Crippen molar-refractivity contribution in [3.05, 3.63) is 66.1 Å².